The van der Waals surface area contributed by atoms with Crippen molar-refractivity contribution in [3.8, 4) is 17.0 Å². The van der Waals surface area contributed by atoms with Crippen molar-refractivity contribution in [1.82, 2.24) is 19.5 Å². The second kappa shape index (κ2) is 8.87. The number of morpholine rings is 1. The molecule has 0 unspecified atom stereocenters. The van der Waals surface area contributed by atoms with Crippen LogP contribution < -0.4 is 4.90 Å². The van der Waals surface area contributed by atoms with Gasteiger partial charge in [0, 0.05) is 18.7 Å². The van der Waals surface area contributed by atoms with Crippen LogP contribution in [0, 0.1) is 0 Å². The second-order valence-corrected chi connectivity index (χ2v) is 7.76. The molecule has 1 aliphatic rings. The maximum absolute atomic E-state index is 11.7. The Kier molecular flexibility index (Phi) is 5.62. The van der Waals surface area contributed by atoms with Gasteiger partial charge in [-0.2, -0.15) is 4.98 Å². The van der Waals surface area contributed by atoms with E-state index in [1.807, 2.05) is 22.8 Å². The number of rotatable bonds is 5. The summed E-state index contributed by atoms with van der Waals surface area (Å²) in [5, 5.41) is 10.0. The molecule has 0 radical (unpaired) electrons. The standard InChI is InChI=1S/C24H23N5O4/c1-32-23(31)17-7-5-16(6-8-17)14-29-15-25-21-20(18-3-2-4-19(30)13-18)26-24(27-22(21)29)28-9-11-33-12-10-28/h2-8,13,15,30H,9-12,14H2,1H3. The lowest BCUT2D eigenvalue weighted by Gasteiger charge is -2.27. The number of aromatic hydroxyl groups is 1. The maximum atomic E-state index is 11.7. The molecule has 0 aliphatic carbocycles. The second-order valence-electron chi connectivity index (χ2n) is 7.76. The minimum Gasteiger partial charge on any atom is -0.508 e. The van der Waals surface area contributed by atoms with Gasteiger partial charge < -0.3 is 24.0 Å². The predicted octanol–water partition coefficient (Wildman–Crippen LogP) is 2.87. The van der Waals surface area contributed by atoms with Crippen LogP contribution in [0.4, 0.5) is 5.95 Å². The lowest BCUT2D eigenvalue weighted by Crippen LogP contribution is -2.37. The van der Waals surface area contributed by atoms with Gasteiger partial charge in [0.05, 0.1) is 38.8 Å². The van der Waals surface area contributed by atoms with Crippen LogP contribution >= 0.6 is 0 Å². The number of phenols is 1. The van der Waals surface area contributed by atoms with E-state index in [9.17, 15) is 9.90 Å². The number of aromatic nitrogens is 4. The Bertz CT molecular complexity index is 1300. The predicted molar refractivity (Wildman–Crippen MR) is 122 cm³/mol. The highest BCUT2D eigenvalue weighted by Gasteiger charge is 2.20. The van der Waals surface area contributed by atoms with Gasteiger partial charge in [0.2, 0.25) is 5.95 Å². The van der Waals surface area contributed by atoms with Crippen LogP contribution in [0.25, 0.3) is 22.4 Å². The first-order chi connectivity index (χ1) is 16.1. The number of phenolic OH excluding ortho intramolecular Hbond substituents is 1. The van der Waals surface area contributed by atoms with E-state index >= 15 is 0 Å². The third kappa shape index (κ3) is 4.22. The smallest absolute Gasteiger partial charge is 0.337 e. The molecular formula is C24H23N5O4. The molecule has 3 heterocycles. The van der Waals surface area contributed by atoms with Crippen molar-refractivity contribution in [2.24, 2.45) is 0 Å². The number of ether oxygens (including phenoxy) is 2. The zero-order valence-corrected chi connectivity index (χ0v) is 18.1. The molecule has 0 spiro atoms. The summed E-state index contributed by atoms with van der Waals surface area (Å²) in [4.78, 5) is 28.1. The minimum atomic E-state index is -0.367. The van der Waals surface area contributed by atoms with Gasteiger partial charge in [-0.1, -0.05) is 24.3 Å². The molecule has 0 atom stereocenters. The molecule has 0 saturated carbocycles. The van der Waals surface area contributed by atoms with E-state index in [2.05, 4.69) is 9.88 Å². The molecule has 33 heavy (non-hydrogen) atoms. The van der Waals surface area contributed by atoms with Crippen molar-refractivity contribution in [1.29, 1.82) is 0 Å². The first kappa shape index (κ1) is 20.9. The van der Waals surface area contributed by atoms with E-state index in [4.69, 9.17) is 19.4 Å². The van der Waals surface area contributed by atoms with Crippen LogP contribution in [0.3, 0.4) is 0 Å². The minimum absolute atomic E-state index is 0.164. The zero-order valence-electron chi connectivity index (χ0n) is 18.1. The van der Waals surface area contributed by atoms with Gasteiger partial charge >= 0.3 is 5.97 Å². The number of benzene rings is 2. The van der Waals surface area contributed by atoms with Crippen molar-refractivity contribution >= 4 is 23.1 Å². The normalized spacial score (nSPS) is 13.9. The summed E-state index contributed by atoms with van der Waals surface area (Å²) in [6.45, 7) is 3.17. The summed E-state index contributed by atoms with van der Waals surface area (Å²) in [7, 11) is 1.36. The van der Waals surface area contributed by atoms with Crippen molar-refractivity contribution in [2.45, 2.75) is 6.54 Å². The van der Waals surface area contributed by atoms with Crippen LogP contribution in [-0.4, -0.2) is 64.0 Å². The Labute approximate surface area is 190 Å². The molecule has 1 N–H and O–H groups in total. The van der Waals surface area contributed by atoms with E-state index < -0.39 is 0 Å². The lowest BCUT2D eigenvalue weighted by atomic mass is 10.1. The Morgan fingerprint density at radius 3 is 2.64 bits per heavy atom. The average molecular weight is 445 g/mol. The molecule has 1 fully saturated rings. The summed E-state index contributed by atoms with van der Waals surface area (Å²) >= 11 is 0. The molecule has 1 saturated heterocycles. The molecular weight excluding hydrogens is 422 g/mol. The highest BCUT2D eigenvalue weighted by Crippen LogP contribution is 2.30. The lowest BCUT2D eigenvalue weighted by molar-refractivity contribution is 0.0600. The van der Waals surface area contributed by atoms with Gasteiger partial charge in [-0.3, -0.25) is 0 Å². The topological polar surface area (TPSA) is 103 Å². The first-order valence-electron chi connectivity index (χ1n) is 10.6. The third-order valence-corrected chi connectivity index (χ3v) is 5.59. The van der Waals surface area contributed by atoms with Crippen molar-refractivity contribution in [3.63, 3.8) is 0 Å². The average Bonchev–Trinajstić information content (AvgIpc) is 3.26. The third-order valence-electron chi connectivity index (χ3n) is 5.59. The summed E-state index contributed by atoms with van der Waals surface area (Å²) in [5.74, 6) is 0.400. The number of esters is 1. The molecule has 4 aromatic rings. The van der Waals surface area contributed by atoms with Crippen molar-refractivity contribution in [2.75, 3.05) is 38.3 Å². The summed E-state index contributed by atoms with van der Waals surface area (Å²) in [5.41, 5.74) is 4.28. The number of imidazole rings is 1. The molecule has 0 amide bonds. The van der Waals surface area contributed by atoms with E-state index in [1.165, 1.54) is 7.11 Å². The Morgan fingerprint density at radius 2 is 1.91 bits per heavy atom. The fourth-order valence-corrected chi connectivity index (χ4v) is 3.87. The fourth-order valence-electron chi connectivity index (χ4n) is 3.87. The quantitative estimate of drug-likeness (QED) is 0.468. The summed E-state index contributed by atoms with van der Waals surface area (Å²) in [6, 6.07) is 14.2. The highest BCUT2D eigenvalue weighted by atomic mass is 16.5. The first-order valence-corrected chi connectivity index (χ1v) is 10.6. The number of fused-ring (bicyclic) bond motifs is 1. The number of carbonyl (C=O) groups is 1. The van der Waals surface area contributed by atoms with Gasteiger partial charge in [0.25, 0.3) is 0 Å². The van der Waals surface area contributed by atoms with Gasteiger partial charge in [0.1, 0.15) is 17.0 Å². The van der Waals surface area contributed by atoms with Crippen LogP contribution in [0.5, 0.6) is 5.75 Å². The van der Waals surface area contributed by atoms with Crippen molar-refractivity contribution < 1.29 is 19.4 Å². The van der Waals surface area contributed by atoms with E-state index in [0.29, 0.717) is 61.2 Å². The van der Waals surface area contributed by atoms with Gasteiger partial charge in [0.15, 0.2) is 5.65 Å². The SMILES string of the molecule is COC(=O)c1ccc(Cn2cnc3c(-c4cccc(O)c4)nc(N4CCOCC4)nc32)cc1. The Morgan fingerprint density at radius 1 is 1.12 bits per heavy atom. The highest BCUT2D eigenvalue weighted by molar-refractivity contribution is 5.90. The summed E-state index contributed by atoms with van der Waals surface area (Å²) < 4.78 is 12.2. The van der Waals surface area contributed by atoms with Crippen LogP contribution in [-0.2, 0) is 16.0 Å². The maximum Gasteiger partial charge on any atom is 0.337 e. The molecule has 2 aromatic carbocycles. The van der Waals surface area contributed by atoms with Crippen LogP contribution in [0.2, 0.25) is 0 Å². The number of hydrogen-bond donors (Lipinski definition) is 1. The molecule has 9 nitrogen and oxygen atoms in total. The molecule has 1 aliphatic heterocycles. The number of nitrogens with zero attached hydrogens (tertiary/aromatic N) is 5. The van der Waals surface area contributed by atoms with Crippen molar-refractivity contribution in [3.05, 3.63) is 66.0 Å². The molecule has 9 heteroatoms. The van der Waals surface area contributed by atoms with E-state index in [1.54, 1.807) is 36.7 Å². The van der Waals surface area contributed by atoms with E-state index in [0.717, 1.165) is 11.1 Å². The number of methoxy groups -OCH3 is 1. The Balaban J connectivity index is 1.57. The van der Waals surface area contributed by atoms with Crippen LogP contribution in [0.15, 0.2) is 54.9 Å². The molecule has 5 rings (SSSR count). The molecule has 168 valence electrons. The monoisotopic (exact) mass is 445 g/mol. The van der Waals surface area contributed by atoms with Gasteiger partial charge in [-0.25, -0.2) is 14.8 Å². The van der Waals surface area contributed by atoms with Gasteiger partial charge in [-0.15, -0.1) is 0 Å². The number of carbonyl (C=O) groups excluding carboxylic acids is 1. The number of anilines is 1. The number of hydrogen-bond acceptors (Lipinski definition) is 8. The molecule has 0 bridgehead atoms. The zero-order chi connectivity index (χ0) is 22.8. The van der Waals surface area contributed by atoms with E-state index in [-0.39, 0.29) is 11.7 Å². The Hall–Kier alpha value is -3.98. The fraction of sp³-hybridized carbons (Fsp3) is 0.250. The van der Waals surface area contributed by atoms with Crippen LogP contribution in [0.1, 0.15) is 15.9 Å². The summed E-state index contributed by atoms with van der Waals surface area (Å²) in [6.07, 6.45) is 1.74. The largest absolute Gasteiger partial charge is 0.508 e. The van der Waals surface area contributed by atoms with Gasteiger partial charge in [-0.05, 0) is 29.8 Å². The molecule has 2 aromatic heterocycles.